The van der Waals surface area contributed by atoms with Crippen LogP contribution in [0.1, 0.15) is 12.8 Å². The van der Waals surface area contributed by atoms with Crippen LogP contribution in [0.2, 0.25) is 5.28 Å². The Hall–Kier alpha value is -1.07. The lowest BCUT2D eigenvalue weighted by atomic mass is 9.89. The van der Waals surface area contributed by atoms with Crippen LogP contribution in [0, 0.1) is 0 Å². The van der Waals surface area contributed by atoms with Crippen molar-refractivity contribution in [1.29, 1.82) is 0 Å². The maximum Gasteiger partial charge on any atom is 0.224 e. The molecule has 0 amide bonds. The molecule has 5 nitrogen and oxygen atoms in total. The summed E-state index contributed by atoms with van der Waals surface area (Å²) in [7, 11) is 0. The molecule has 2 rings (SSSR count). The van der Waals surface area contributed by atoms with E-state index < -0.39 is 0 Å². The SMILES string of the molecule is Nc1cnc(Cl)nc1NC1CC(O)C1. The quantitative estimate of drug-likeness (QED) is 0.630. The second-order valence-electron chi connectivity index (χ2n) is 3.41. The average Bonchev–Trinajstić information content (AvgIpc) is 2.09. The van der Waals surface area contributed by atoms with Gasteiger partial charge in [0.2, 0.25) is 5.28 Å². The summed E-state index contributed by atoms with van der Waals surface area (Å²) >= 11 is 5.62. The van der Waals surface area contributed by atoms with E-state index in [2.05, 4.69) is 15.3 Å². The third-order valence-corrected chi connectivity index (χ3v) is 2.42. The Labute approximate surface area is 86.3 Å². The van der Waals surface area contributed by atoms with E-state index in [0.29, 0.717) is 11.5 Å². The van der Waals surface area contributed by atoms with Gasteiger partial charge in [0.05, 0.1) is 18.0 Å². The number of hydrogen-bond donors (Lipinski definition) is 3. The molecule has 6 heteroatoms. The van der Waals surface area contributed by atoms with Crippen LogP contribution in [0.4, 0.5) is 11.5 Å². The van der Waals surface area contributed by atoms with Crippen molar-refractivity contribution >= 4 is 23.1 Å². The smallest absolute Gasteiger partial charge is 0.224 e. The second kappa shape index (κ2) is 3.59. The summed E-state index contributed by atoms with van der Waals surface area (Å²) in [5.41, 5.74) is 6.11. The lowest BCUT2D eigenvalue weighted by Gasteiger charge is -2.32. The molecule has 0 bridgehead atoms. The van der Waals surface area contributed by atoms with Crippen LogP contribution in [0.25, 0.3) is 0 Å². The molecule has 1 saturated carbocycles. The van der Waals surface area contributed by atoms with Gasteiger partial charge in [0.15, 0.2) is 5.82 Å². The van der Waals surface area contributed by atoms with Crippen molar-refractivity contribution in [2.75, 3.05) is 11.1 Å². The predicted molar refractivity (Wildman–Crippen MR) is 54.1 cm³/mol. The van der Waals surface area contributed by atoms with Gasteiger partial charge in [0.1, 0.15) is 0 Å². The highest BCUT2D eigenvalue weighted by Crippen LogP contribution is 2.25. The van der Waals surface area contributed by atoms with E-state index >= 15 is 0 Å². The number of aromatic nitrogens is 2. The number of nitrogens with zero attached hydrogens (tertiary/aromatic N) is 2. The minimum absolute atomic E-state index is 0.168. The molecule has 0 saturated heterocycles. The van der Waals surface area contributed by atoms with E-state index in [9.17, 15) is 0 Å². The van der Waals surface area contributed by atoms with Gasteiger partial charge in [-0.25, -0.2) is 4.98 Å². The van der Waals surface area contributed by atoms with Crippen molar-refractivity contribution in [3.63, 3.8) is 0 Å². The van der Waals surface area contributed by atoms with E-state index in [0.717, 1.165) is 12.8 Å². The van der Waals surface area contributed by atoms with E-state index in [-0.39, 0.29) is 17.4 Å². The topological polar surface area (TPSA) is 84.1 Å². The first-order valence-corrected chi connectivity index (χ1v) is 4.75. The number of aliphatic hydroxyl groups excluding tert-OH is 1. The second-order valence-corrected chi connectivity index (χ2v) is 3.75. The minimum atomic E-state index is -0.203. The number of nitrogens with two attached hydrogens (primary N) is 1. The van der Waals surface area contributed by atoms with Crippen LogP contribution in [0.3, 0.4) is 0 Å². The van der Waals surface area contributed by atoms with Crippen LogP contribution in [0.5, 0.6) is 0 Å². The van der Waals surface area contributed by atoms with Crippen molar-refractivity contribution in [2.24, 2.45) is 0 Å². The van der Waals surface area contributed by atoms with E-state index in [1.165, 1.54) is 6.20 Å². The summed E-state index contributed by atoms with van der Waals surface area (Å²) in [5, 5.41) is 12.4. The van der Waals surface area contributed by atoms with Crippen molar-refractivity contribution in [1.82, 2.24) is 9.97 Å². The summed E-state index contributed by atoms with van der Waals surface area (Å²) in [6.45, 7) is 0. The first-order chi connectivity index (χ1) is 6.65. The number of halogens is 1. The Bertz CT molecular complexity index is 340. The van der Waals surface area contributed by atoms with Gasteiger partial charge in [-0.15, -0.1) is 0 Å². The van der Waals surface area contributed by atoms with Crippen molar-refractivity contribution in [3.8, 4) is 0 Å². The Kier molecular flexibility index (Phi) is 2.43. The lowest BCUT2D eigenvalue weighted by Crippen LogP contribution is -2.39. The molecule has 1 fully saturated rings. The summed E-state index contributed by atoms with van der Waals surface area (Å²) < 4.78 is 0. The van der Waals surface area contributed by atoms with Gasteiger partial charge >= 0.3 is 0 Å². The first kappa shape index (κ1) is 9.48. The molecule has 76 valence electrons. The third-order valence-electron chi connectivity index (χ3n) is 2.24. The zero-order valence-electron chi connectivity index (χ0n) is 7.44. The van der Waals surface area contributed by atoms with E-state index in [4.69, 9.17) is 22.4 Å². The highest BCUT2D eigenvalue weighted by atomic mass is 35.5. The fraction of sp³-hybridized carbons (Fsp3) is 0.500. The molecular formula is C8H11ClN4O. The molecule has 1 aliphatic rings. The van der Waals surface area contributed by atoms with E-state index in [1.807, 2.05) is 0 Å². The largest absolute Gasteiger partial charge is 0.394 e. The number of aliphatic hydroxyl groups is 1. The highest BCUT2D eigenvalue weighted by Gasteiger charge is 2.27. The molecular weight excluding hydrogens is 204 g/mol. The normalized spacial score (nSPS) is 25.6. The Morgan fingerprint density at radius 3 is 2.93 bits per heavy atom. The van der Waals surface area contributed by atoms with Crippen molar-refractivity contribution in [3.05, 3.63) is 11.5 Å². The summed E-state index contributed by atoms with van der Waals surface area (Å²) in [6, 6.07) is 0.235. The number of nitrogens with one attached hydrogen (secondary N) is 1. The molecule has 0 radical (unpaired) electrons. The Morgan fingerprint density at radius 2 is 2.29 bits per heavy atom. The van der Waals surface area contributed by atoms with Gasteiger partial charge in [-0.3, -0.25) is 0 Å². The van der Waals surface area contributed by atoms with Crippen LogP contribution in [0.15, 0.2) is 6.20 Å². The van der Waals surface area contributed by atoms with Gasteiger partial charge in [-0.1, -0.05) is 0 Å². The molecule has 4 N–H and O–H groups in total. The van der Waals surface area contributed by atoms with Crippen LogP contribution >= 0.6 is 11.6 Å². The standard InChI is InChI=1S/C8H11ClN4O/c9-8-11-3-6(10)7(13-8)12-4-1-5(14)2-4/h3-5,14H,1-2,10H2,(H,11,12,13). The monoisotopic (exact) mass is 214 g/mol. The number of anilines is 2. The summed E-state index contributed by atoms with van der Waals surface area (Å²) in [4.78, 5) is 7.70. The number of nitrogen functional groups attached to an aromatic ring is 1. The maximum atomic E-state index is 9.09. The van der Waals surface area contributed by atoms with Crippen molar-refractivity contribution < 1.29 is 5.11 Å². The Morgan fingerprint density at radius 1 is 1.57 bits per heavy atom. The Balaban J connectivity index is 2.05. The molecule has 0 aliphatic heterocycles. The zero-order valence-corrected chi connectivity index (χ0v) is 8.20. The van der Waals surface area contributed by atoms with Crippen LogP contribution in [-0.2, 0) is 0 Å². The van der Waals surface area contributed by atoms with Crippen LogP contribution in [-0.4, -0.2) is 27.2 Å². The molecule has 0 aromatic carbocycles. The lowest BCUT2D eigenvalue weighted by molar-refractivity contribution is 0.0835. The molecule has 1 aromatic heterocycles. The molecule has 1 heterocycles. The third kappa shape index (κ3) is 1.88. The first-order valence-electron chi connectivity index (χ1n) is 4.38. The van der Waals surface area contributed by atoms with E-state index in [1.54, 1.807) is 0 Å². The van der Waals surface area contributed by atoms with Gasteiger partial charge in [0, 0.05) is 6.04 Å². The minimum Gasteiger partial charge on any atom is -0.394 e. The molecule has 0 atom stereocenters. The summed E-state index contributed by atoms with van der Waals surface area (Å²) in [5.74, 6) is 0.543. The molecule has 1 aliphatic carbocycles. The van der Waals surface area contributed by atoms with Gasteiger partial charge < -0.3 is 16.2 Å². The number of hydrogen-bond acceptors (Lipinski definition) is 5. The molecule has 14 heavy (non-hydrogen) atoms. The van der Waals surface area contributed by atoms with Crippen molar-refractivity contribution in [2.45, 2.75) is 25.0 Å². The fourth-order valence-electron chi connectivity index (χ4n) is 1.38. The zero-order chi connectivity index (χ0) is 10.1. The molecule has 0 spiro atoms. The fourth-order valence-corrected chi connectivity index (χ4v) is 1.52. The van der Waals surface area contributed by atoms with Crippen LogP contribution < -0.4 is 11.1 Å². The molecule has 1 aromatic rings. The predicted octanol–water partition coefficient (Wildman–Crippen LogP) is 0.647. The highest BCUT2D eigenvalue weighted by molar-refractivity contribution is 6.28. The van der Waals surface area contributed by atoms with Gasteiger partial charge in [0.25, 0.3) is 0 Å². The van der Waals surface area contributed by atoms with Gasteiger partial charge in [-0.2, -0.15) is 4.98 Å². The maximum absolute atomic E-state index is 9.09. The average molecular weight is 215 g/mol. The number of rotatable bonds is 2. The molecule has 0 unspecified atom stereocenters. The summed E-state index contributed by atoms with van der Waals surface area (Å²) in [6.07, 6.45) is 2.71. The van der Waals surface area contributed by atoms with Gasteiger partial charge in [-0.05, 0) is 24.4 Å².